The summed E-state index contributed by atoms with van der Waals surface area (Å²) in [4.78, 5) is 11.2. The third kappa shape index (κ3) is 2.53. The van der Waals surface area contributed by atoms with Crippen LogP contribution in [0.1, 0.15) is 41.5 Å². The second-order valence-corrected chi connectivity index (χ2v) is 5.50. The molecule has 0 aliphatic heterocycles. The lowest BCUT2D eigenvalue weighted by Crippen LogP contribution is -2.09. The molecule has 0 spiro atoms. The number of nitrogens with zero attached hydrogens (tertiary/aromatic N) is 3. The van der Waals surface area contributed by atoms with E-state index in [9.17, 15) is 4.79 Å². The summed E-state index contributed by atoms with van der Waals surface area (Å²) in [6.07, 6.45) is 0. The summed E-state index contributed by atoms with van der Waals surface area (Å²) in [6.45, 7) is 5.83. The molecule has 6 heteroatoms. The first kappa shape index (κ1) is 13.7. The van der Waals surface area contributed by atoms with Crippen LogP contribution >= 0.6 is 15.9 Å². The van der Waals surface area contributed by atoms with Gasteiger partial charge in [-0.15, -0.1) is 5.10 Å². The van der Waals surface area contributed by atoms with E-state index in [0.717, 1.165) is 15.7 Å². The maximum Gasteiger partial charge on any atom is 0.358 e. The van der Waals surface area contributed by atoms with E-state index in [1.807, 2.05) is 39.0 Å². The standard InChI is InChI=1S/C13H14BrN3O2/c1-7(2)12-11(13(18)19)15-16-17(12)10-5-4-8(3)6-9(10)14/h4-7H,1-3H3,(H,18,19). The largest absolute Gasteiger partial charge is 0.476 e. The summed E-state index contributed by atoms with van der Waals surface area (Å²) >= 11 is 3.48. The van der Waals surface area contributed by atoms with Gasteiger partial charge in [-0.25, -0.2) is 9.48 Å². The second-order valence-electron chi connectivity index (χ2n) is 4.65. The van der Waals surface area contributed by atoms with E-state index in [1.54, 1.807) is 4.68 Å². The van der Waals surface area contributed by atoms with Gasteiger partial charge >= 0.3 is 5.97 Å². The molecule has 0 bridgehead atoms. The zero-order valence-corrected chi connectivity index (χ0v) is 12.5. The lowest BCUT2D eigenvalue weighted by molar-refractivity contribution is 0.0688. The van der Waals surface area contributed by atoms with Crippen molar-refractivity contribution < 1.29 is 9.90 Å². The molecule has 1 N–H and O–H groups in total. The van der Waals surface area contributed by atoms with Gasteiger partial charge in [-0.2, -0.15) is 0 Å². The summed E-state index contributed by atoms with van der Waals surface area (Å²) in [5.74, 6) is -1.05. The van der Waals surface area contributed by atoms with Crippen molar-refractivity contribution in [3.63, 3.8) is 0 Å². The Morgan fingerprint density at radius 3 is 2.63 bits per heavy atom. The highest BCUT2D eigenvalue weighted by Gasteiger charge is 2.23. The van der Waals surface area contributed by atoms with Crippen molar-refractivity contribution in [3.05, 3.63) is 39.6 Å². The van der Waals surface area contributed by atoms with Gasteiger partial charge in [-0.3, -0.25) is 0 Å². The van der Waals surface area contributed by atoms with Crippen molar-refractivity contribution in [2.75, 3.05) is 0 Å². The Bertz CT molecular complexity index is 635. The third-order valence-corrected chi connectivity index (χ3v) is 3.42. The Morgan fingerprint density at radius 1 is 1.42 bits per heavy atom. The van der Waals surface area contributed by atoms with Crippen molar-refractivity contribution in [2.45, 2.75) is 26.7 Å². The fourth-order valence-electron chi connectivity index (χ4n) is 1.92. The Balaban J connectivity index is 2.65. The van der Waals surface area contributed by atoms with Crippen LogP contribution < -0.4 is 0 Å². The van der Waals surface area contributed by atoms with Crippen LogP contribution in [0.5, 0.6) is 0 Å². The first-order chi connectivity index (χ1) is 8.91. The summed E-state index contributed by atoms with van der Waals surface area (Å²) in [5, 5.41) is 16.9. The molecule has 5 nitrogen and oxygen atoms in total. The SMILES string of the molecule is Cc1ccc(-n2nnc(C(=O)O)c2C(C)C)c(Br)c1. The van der Waals surface area contributed by atoms with E-state index in [0.29, 0.717) is 5.69 Å². The van der Waals surface area contributed by atoms with Crippen molar-refractivity contribution in [2.24, 2.45) is 0 Å². The van der Waals surface area contributed by atoms with Crippen molar-refractivity contribution in [3.8, 4) is 5.69 Å². The number of aromatic carboxylic acids is 1. The number of rotatable bonds is 3. The molecule has 2 aromatic rings. The lowest BCUT2D eigenvalue weighted by atomic mass is 10.1. The van der Waals surface area contributed by atoms with Crippen LogP contribution in [0.3, 0.4) is 0 Å². The minimum atomic E-state index is -1.06. The molecular formula is C13H14BrN3O2. The molecule has 100 valence electrons. The summed E-state index contributed by atoms with van der Waals surface area (Å²) < 4.78 is 2.44. The highest BCUT2D eigenvalue weighted by molar-refractivity contribution is 9.10. The fraction of sp³-hybridized carbons (Fsp3) is 0.308. The maximum atomic E-state index is 11.2. The predicted molar refractivity (Wildman–Crippen MR) is 74.8 cm³/mol. The molecule has 0 unspecified atom stereocenters. The van der Waals surface area contributed by atoms with Crippen molar-refractivity contribution in [1.82, 2.24) is 15.0 Å². The van der Waals surface area contributed by atoms with Gasteiger partial charge in [0.2, 0.25) is 0 Å². The summed E-state index contributed by atoms with van der Waals surface area (Å²) in [5.41, 5.74) is 2.49. The van der Waals surface area contributed by atoms with Crippen LogP contribution in [0.2, 0.25) is 0 Å². The minimum absolute atomic E-state index is 0.00229. The average Bonchev–Trinajstić information content (AvgIpc) is 2.73. The Hall–Kier alpha value is -1.69. The van der Waals surface area contributed by atoms with E-state index >= 15 is 0 Å². The van der Waals surface area contributed by atoms with Crippen molar-refractivity contribution >= 4 is 21.9 Å². The van der Waals surface area contributed by atoms with Gasteiger partial charge in [0.25, 0.3) is 0 Å². The van der Waals surface area contributed by atoms with Gasteiger partial charge in [0, 0.05) is 4.47 Å². The van der Waals surface area contributed by atoms with Gasteiger partial charge in [0.15, 0.2) is 5.69 Å². The number of halogens is 1. The van der Waals surface area contributed by atoms with E-state index in [-0.39, 0.29) is 11.6 Å². The molecule has 0 amide bonds. The van der Waals surface area contributed by atoms with Gasteiger partial charge < -0.3 is 5.11 Å². The molecular weight excluding hydrogens is 310 g/mol. The van der Waals surface area contributed by atoms with Crippen LogP contribution in [0.25, 0.3) is 5.69 Å². The van der Waals surface area contributed by atoms with Gasteiger partial charge in [0.05, 0.1) is 11.4 Å². The van der Waals surface area contributed by atoms with Gasteiger partial charge in [-0.05, 0) is 46.5 Å². The lowest BCUT2D eigenvalue weighted by Gasteiger charge is -2.11. The molecule has 2 rings (SSSR count). The molecule has 0 radical (unpaired) electrons. The Labute approximate surface area is 119 Å². The molecule has 0 atom stereocenters. The fourth-order valence-corrected chi connectivity index (χ4v) is 2.58. The number of carboxylic acids is 1. The maximum absolute atomic E-state index is 11.2. The molecule has 0 saturated heterocycles. The first-order valence-corrected chi connectivity index (χ1v) is 6.66. The van der Waals surface area contributed by atoms with E-state index in [4.69, 9.17) is 5.11 Å². The van der Waals surface area contributed by atoms with Crippen LogP contribution in [0.15, 0.2) is 22.7 Å². The Morgan fingerprint density at radius 2 is 2.11 bits per heavy atom. The quantitative estimate of drug-likeness (QED) is 0.942. The molecule has 0 fully saturated rings. The minimum Gasteiger partial charge on any atom is -0.476 e. The van der Waals surface area contributed by atoms with Crippen LogP contribution in [-0.4, -0.2) is 26.1 Å². The zero-order valence-electron chi connectivity index (χ0n) is 10.9. The smallest absolute Gasteiger partial charge is 0.358 e. The third-order valence-electron chi connectivity index (χ3n) is 2.79. The van der Waals surface area contributed by atoms with E-state index in [2.05, 4.69) is 26.2 Å². The molecule has 1 aromatic heterocycles. The van der Waals surface area contributed by atoms with Gasteiger partial charge in [-0.1, -0.05) is 25.1 Å². The topological polar surface area (TPSA) is 68.0 Å². The number of aromatic nitrogens is 3. The number of carboxylic acid groups (broad SMARTS) is 1. The molecule has 0 saturated carbocycles. The Kier molecular flexibility index (Phi) is 3.71. The number of carbonyl (C=O) groups is 1. The highest BCUT2D eigenvalue weighted by atomic mass is 79.9. The van der Waals surface area contributed by atoms with E-state index in [1.165, 1.54) is 0 Å². The summed E-state index contributed by atoms with van der Waals surface area (Å²) in [6, 6.07) is 5.81. The van der Waals surface area contributed by atoms with Gasteiger partial charge in [0.1, 0.15) is 0 Å². The summed E-state index contributed by atoms with van der Waals surface area (Å²) in [7, 11) is 0. The molecule has 1 heterocycles. The number of aryl methyl sites for hydroxylation is 1. The van der Waals surface area contributed by atoms with Crippen molar-refractivity contribution in [1.29, 1.82) is 0 Å². The number of benzene rings is 1. The highest BCUT2D eigenvalue weighted by Crippen LogP contribution is 2.27. The first-order valence-electron chi connectivity index (χ1n) is 5.87. The average molecular weight is 324 g/mol. The van der Waals surface area contributed by atoms with Crippen LogP contribution in [-0.2, 0) is 0 Å². The van der Waals surface area contributed by atoms with Crippen LogP contribution in [0.4, 0.5) is 0 Å². The zero-order chi connectivity index (χ0) is 14.2. The van der Waals surface area contributed by atoms with E-state index < -0.39 is 5.97 Å². The molecule has 0 aliphatic carbocycles. The second kappa shape index (κ2) is 5.13. The predicted octanol–water partition coefficient (Wildman–Crippen LogP) is 3.16. The monoisotopic (exact) mass is 323 g/mol. The normalized spacial score (nSPS) is 11.0. The molecule has 0 aliphatic rings. The van der Waals surface area contributed by atoms with Crippen LogP contribution in [0, 0.1) is 6.92 Å². The number of hydrogen-bond acceptors (Lipinski definition) is 3. The number of hydrogen-bond donors (Lipinski definition) is 1. The molecule has 19 heavy (non-hydrogen) atoms. The molecule has 1 aromatic carbocycles.